The van der Waals surface area contributed by atoms with E-state index in [2.05, 4.69) is 80.6 Å². The third kappa shape index (κ3) is 8.98. The third-order valence-electron chi connectivity index (χ3n) is 6.95. The molecule has 0 N–H and O–H groups in total. The number of hydrogen-bond acceptors (Lipinski definition) is 3. The largest absolute Gasteiger partial charge is 0.300 e. The van der Waals surface area contributed by atoms with Crippen LogP contribution in [0, 0.1) is 0 Å². The molecule has 3 nitrogen and oxygen atoms in total. The summed E-state index contributed by atoms with van der Waals surface area (Å²) in [4.78, 5) is 0. The Morgan fingerprint density at radius 1 is 0.552 bits per heavy atom. The van der Waals surface area contributed by atoms with E-state index in [1.165, 1.54) is 89.9 Å². The number of nitrogens with zero attached hydrogens (tertiary/aromatic N) is 3. The van der Waals surface area contributed by atoms with E-state index in [0.29, 0.717) is 0 Å². The highest BCUT2D eigenvalue weighted by atomic mass is 28.4. The standard InChI is InChI=1S/C24H55N3Si2/c1-10-25(11-2)29(26(12-3)13-4,27(14-5)15-6)24-22-20-18-17-19-21-23-28(8,9)16-7/h16H,7,10-15,17-24H2,1-6,8-9H3. The highest BCUT2D eigenvalue weighted by molar-refractivity contribution is 6.82. The molecule has 0 aliphatic rings. The summed E-state index contributed by atoms with van der Waals surface area (Å²) in [5.74, 6) is 0. The second-order valence-electron chi connectivity index (χ2n) is 9.11. The van der Waals surface area contributed by atoms with Crippen molar-refractivity contribution in [3.05, 3.63) is 12.3 Å². The molecule has 29 heavy (non-hydrogen) atoms. The zero-order valence-corrected chi connectivity index (χ0v) is 23.5. The molecular weight excluding hydrogens is 386 g/mol. The normalized spacial score (nSPS) is 13.1. The molecule has 0 aromatic heterocycles. The van der Waals surface area contributed by atoms with Crippen LogP contribution in [-0.2, 0) is 0 Å². The summed E-state index contributed by atoms with van der Waals surface area (Å²) < 4.78 is 8.57. The van der Waals surface area contributed by atoms with Gasteiger partial charge in [-0.1, -0.05) is 99.2 Å². The molecule has 0 aromatic carbocycles. The molecular formula is C24H55N3Si2. The van der Waals surface area contributed by atoms with Gasteiger partial charge in [-0.05, 0) is 45.3 Å². The Morgan fingerprint density at radius 2 is 0.862 bits per heavy atom. The Balaban J connectivity index is 4.90. The first-order valence-corrected chi connectivity index (χ1v) is 18.0. The molecule has 0 radical (unpaired) electrons. The maximum atomic E-state index is 4.03. The van der Waals surface area contributed by atoms with Gasteiger partial charge in [-0.25, -0.2) is 0 Å². The molecule has 174 valence electrons. The van der Waals surface area contributed by atoms with Gasteiger partial charge in [-0.3, -0.25) is 13.7 Å². The van der Waals surface area contributed by atoms with Gasteiger partial charge in [-0.2, -0.15) is 0 Å². The Hall–Kier alpha value is 0.0538. The average Bonchev–Trinajstić information content (AvgIpc) is 2.72. The van der Waals surface area contributed by atoms with E-state index in [0.717, 1.165) is 0 Å². The van der Waals surface area contributed by atoms with Crippen LogP contribution in [0.1, 0.15) is 80.1 Å². The molecule has 0 unspecified atom stereocenters. The molecule has 0 fully saturated rings. The molecule has 0 spiro atoms. The summed E-state index contributed by atoms with van der Waals surface area (Å²) >= 11 is 0. The topological polar surface area (TPSA) is 9.72 Å². The quantitative estimate of drug-likeness (QED) is 0.163. The molecule has 0 aromatic rings. The molecule has 0 amide bonds. The predicted octanol–water partition coefficient (Wildman–Crippen LogP) is 6.72. The molecule has 5 heteroatoms. The summed E-state index contributed by atoms with van der Waals surface area (Å²) in [6.45, 7) is 30.2. The van der Waals surface area contributed by atoms with Gasteiger partial charge in [-0.15, -0.1) is 12.3 Å². The molecule has 0 atom stereocenters. The van der Waals surface area contributed by atoms with E-state index < -0.39 is 16.6 Å². The predicted molar refractivity (Wildman–Crippen MR) is 140 cm³/mol. The lowest BCUT2D eigenvalue weighted by Crippen LogP contribution is -2.75. The lowest BCUT2D eigenvalue weighted by Gasteiger charge is -2.53. The van der Waals surface area contributed by atoms with Gasteiger partial charge in [0.1, 0.15) is 0 Å². The van der Waals surface area contributed by atoms with Crippen LogP contribution >= 0.6 is 0 Å². The molecule has 0 aliphatic carbocycles. The SMILES string of the molecule is C=C[Si](C)(C)CCCCCCCC[Si](N(CC)CC)(N(CC)CC)N(CC)CC. The van der Waals surface area contributed by atoms with E-state index in [4.69, 9.17) is 0 Å². The van der Waals surface area contributed by atoms with Crippen LogP contribution in [0.3, 0.4) is 0 Å². The van der Waals surface area contributed by atoms with Crippen molar-refractivity contribution in [2.45, 2.75) is 105 Å². The van der Waals surface area contributed by atoms with Crippen molar-refractivity contribution in [1.82, 2.24) is 13.7 Å². The molecule has 0 saturated heterocycles. The van der Waals surface area contributed by atoms with Crippen LogP contribution in [0.15, 0.2) is 12.3 Å². The van der Waals surface area contributed by atoms with Crippen molar-refractivity contribution in [3.63, 3.8) is 0 Å². The van der Waals surface area contributed by atoms with Gasteiger partial charge in [0.15, 0.2) is 0 Å². The fourth-order valence-corrected chi connectivity index (χ4v) is 12.3. The van der Waals surface area contributed by atoms with Crippen LogP contribution in [0.5, 0.6) is 0 Å². The minimum atomic E-state index is -1.79. The minimum absolute atomic E-state index is 1.09. The first-order valence-electron chi connectivity index (χ1n) is 12.7. The van der Waals surface area contributed by atoms with Gasteiger partial charge in [0.05, 0.1) is 8.07 Å². The van der Waals surface area contributed by atoms with Gasteiger partial charge in [0, 0.05) is 0 Å². The van der Waals surface area contributed by atoms with E-state index in [1.54, 1.807) is 0 Å². The summed E-state index contributed by atoms with van der Waals surface area (Å²) in [7, 11) is -2.88. The van der Waals surface area contributed by atoms with Crippen molar-refractivity contribution in [1.29, 1.82) is 0 Å². The van der Waals surface area contributed by atoms with E-state index in [9.17, 15) is 0 Å². The molecule has 0 bridgehead atoms. The molecule has 0 saturated carbocycles. The van der Waals surface area contributed by atoms with Crippen molar-refractivity contribution in [3.8, 4) is 0 Å². The molecule has 0 heterocycles. The van der Waals surface area contributed by atoms with E-state index in [1.807, 2.05) is 0 Å². The molecule has 0 aliphatic heterocycles. The van der Waals surface area contributed by atoms with Gasteiger partial charge in [0.2, 0.25) is 0 Å². The highest BCUT2D eigenvalue weighted by Gasteiger charge is 2.47. The summed E-state index contributed by atoms with van der Waals surface area (Å²) in [6, 6.07) is 2.81. The van der Waals surface area contributed by atoms with Gasteiger partial charge in [0.25, 0.3) is 8.56 Å². The van der Waals surface area contributed by atoms with E-state index in [-0.39, 0.29) is 0 Å². The van der Waals surface area contributed by atoms with Gasteiger partial charge < -0.3 is 0 Å². The van der Waals surface area contributed by atoms with E-state index >= 15 is 0 Å². The first kappa shape index (κ1) is 29.1. The average molecular weight is 442 g/mol. The Morgan fingerprint density at radius 3 is 1.17 bits per heavy atom. The van der Waals surface area contributed by atoms with Crippen LogP contribution in [0.4, 0.5) is 0 Å². The van der Waals surface area contributed by atoms with Crippen molar-refractivity contribution < 1.29 is 0 Å². The van der Waals surface area contributed by atoms with Crippen LogP contribution in [0.25, 0.3) is 0 Å². The first-order chi connectivity index (χ1) is 13.8. The number of unbranched alkanes of at least 4 members (excludes halogenated alkanes) is 5. The van der Waals surface area contributed by atoms with Gasteiger partial charge >= 0.3 is 0 Å². The summed E-state index contributed by atoms with van der Waals surface area (Å²) in [5.41, 5.74) is 2.25. The second kappa shape index (κ2) is 15.8. The second-order valence-corrected chi connectivity index (χ2v) is 17.9. The fraction of sp³-hybridized carbons (Fsp3) is 0.917. The number of rotatable bonds is 19. The highest BCUT2D eigenvalue weighted by Crippen LogP contribution is 2.28. The van der Waals surface area contributed by atoms with Crippen LogP contribution < -0.4 is 0 Å². The number of hydrogen-bond donors (Lipinski definition) is 0. The summed E-state index contributed by atoms with van der Waals surface area (Å²) in [5, 5.41) is 0. The third-order valence-corrected chi connectivity index (χ3v) is 15.7. The van der Waals surface area contributed by atoms with Crippen molar-refractivity contribution in [2.75, 3.05) is 39.3 Å². The molecule has 0 rings (SSSR count). The monoisotopic (exact) mass is 441 g/mol. The van der Waals surface area contributed by atoms with Crippen LogP contribution in [0.2, 0.25) is 25.2 Å². The fourth-order valence-electron chi connectivity index (χ4n) is 5.02. The Kier molecular flexibility index (Phi) is 15.8. The maximum Gasteiger partial charge on any atom is 0.289 e. The lowest BCUT2D eigenvalue weighted by atomic mass is 10.1. The Labute approximate surface area is 187 Å². The zero-order valence-electron chi connectivity index (χ0n) is 21.5. The van der Waals surface area contributed by atoms with Crippen molar-refractivity contribution in [2.24, 2.45) is 0 Å². The minimum Gasteiger partial charge on any atom is -0.300 e. The lowest BCUT2D eigenvalue weighted by molar-refractivity contribution is 0.259. The zero-order chi connectivity index (χ0) is 22.3. The Bertz CT molecular complexity index is 372. The summed E-state index contributed by atoms with van der Waals surface area (Å²) in [6.07, 6.45) is 8.44. The maximum absolute atomic E-state index is 4.03. The van der Waals surface area contributed by atoms with Crippen LogP contribution in [-0.4, -0.2) is 69.6 Å². The smallest absolute Gasteiger partial charge is 0.289 e. The van der Waals surface area contributed by atoms with Crippen molar-refractivity contribution >= 4 is 16.6 Å².